The van der Waals surface area contributed by atoms with Gasteiger partial charge in [0.15, 0.2) is 0 Å². The third-order valence-electron chi connectivity index (χ3n) is 3.29. The van der Waals surface area contributed by atoms with E-state index in [9.17, 15) is 14.3 Å². The Bertz CT molecular complexity index is 527. The third kappa shape index (κ3) is 3.41. The van der Waals surface area contributed by atoms with Crippen LogP contribution in [0.25, 0.3) is 0 Å². The number of hydrogen-bond donors (Lipinski definition) is 3. The lowest BCUT2D eigenvalue weighted by molar-refractivity contribution is -0.123. The maximum atomic E-state index is 13.5. The predicted molar refractivity (Wildman–Crippen MR) is 75.4 cm³/mol. The number of rotatable bonds is 3. The van der Waals surface area contributed by atoms with Gasteiger partial charge in [0, 0.05) is 11.6 Å². The van der Waals surface area contributed by atoms with Gasteiger partial charge in [-0.2, -0.15) is 0 Å². The van der Waals surface area contributed by atoms with Crippen LogP contribution in [-0.2, 0) is 4.79 Å². The van der Waals surface area contributed by atoms with Crippen molar-refractivity contribution >= 4 is 29.1 Å². The second-order valence-corrected chi connectivity index (χ2v) is 5.68. The van der Waals surface area contributed by atoms with Crippen LogP contribution in [0.5, 0.6) is 0 Å². The maximum absolute atomic E-state index is 13.5. The first-order valence-corrected chi connectivity index (χ1v) is 7.00. The first kappa shape index (κ1) is 15.5. The molecular weight excluding hydrogens is 306 g/mol. The molecule has 1 aromatic rings. The lowest BCUT2D eigenvalue weighted by Crippen LogP contribution is -2.41. The molecular formula is C13H15Cl2FN2O2. The summed E-state index contributed by atoms with van der Waals surface area (Å²) in [6.07, 6.45) is -0.154. The molecule has 20 heavy (non-hydrogen) atoms. The van der Waals surface area contributed by atoms with E-state index in [1.165, 1.54) is 12.1 Å². The minimum absolute atomic E-state index is 0.0575. The van der Waals surface area contributed by atoms with Gasteiger partial charge in [0.1, 0.15) is 5.82 Å². The highest BCUT2D eigenvalue weighted by molar-refractivity contribution is 6.35. The van der Waals surface area contributed by atoms with Gasteiger partial charge in [0.2, 0.25) is 5.91 Å². The number of β-amino-alcohol motifs (C(OH)–C–C–N with tert-alkyl or cyclic N) is 1. The SMILES string of the molecule is C[C@H](NC(=O)[C@H]1C[C@H](O)CN1)c1cc(F)c(Cl)cc1Cl. The molecule has 1 saturated heterocycles. The normalized spacial score (nSPS) is 23.6. The Kier molecular flexibility index (Phi) is 4.86. The largest absolute Gasteiger partial charge is 0.392 e. The molecule has 0 aromatic heterocycles. The summed E-state index contributed by atoms with van der Waals surface area (Å²) in [5.41, 5.74) is 0.459. The Morgan fingerprint density at radius 1 is 1.50 bits per heavy atom. The van der Waals surface area contributed by atoms with Gasteiger partial charge in [0.05, 0.1) is 23.2 Å². The summed E-state index contributed by atoms with van der Waals surface area (Å²) in [6, 6.07) is 1.63. The van der Waals surface area contributed by atoms with Crippen molar-refractivity contribution in [3.63, 3.8) is 0 Å². The molecule has 3 atom stereocenters. The number of nitrogens with one attached hydrogen (secondary N) is 2. The van der Waals surface area contributed by atoms with E-state index in [1.807, 2.05) is 0 Å². The summed E-state index contributed by atoms with van der Waals surface area (Å²) in [5, 5.41) is 15.3. The number of carbonyl (C=O) groups excluding carboxylic acids is 1. The molecule has 0 unspecified atom stereocenters. The second-order valence-electron chi connectivity index (χ2n) is 4.87. The van der Waals surface area contributed by atoms with Crippen LogP contribution in [0, 0.1) is 5.82 Å². The van der Waals surface area contributed by atoms with Crippen LogP contribution in [0.4, 0.5) is 4.39 Å². The van der Waals surface area contributed by atoms with Gasteiger partial charge in [-0.05, 0) is 31.0 Å². The number of aliphatic hydroxyl groups excluding tert-OH is 1. The van der Waals surface area contributed by atoms with Crippen molar-refractivity contribution in [3.8, 4) is 0 Å². The van der Waals surface area contributed by atoms with Crippen LogP contribution in [0.1, 0.15) is 24.9 Å². The monoisotopic (exact) mass is 320 g/mol. The predicted octanol–water partition coefficient (Wildman–Crippen LogP) is 2.03. The van der Waals surface area contributed by atoms with Gasteiger partial charge in [0.25, 0.3) is 0 Å². The van der Waals surface area contributed by atoms with Gasteiger partial charge < -0.3 is 15.7 Å². The van der Waals surface area contributed by atoms with E-state index >= 15 is 0 Å². The van der Waals surface area contributed by atoms with Gasteiger partial charge >= 0.3 is 0 Å². The van der Waals surface area contributed by atoms with E-state index in [0.29, 0.717) is 23.6 Å². The van der Waals surface area contributed by atoms with Crippen molar-refractivity contribution in [2.45, 2.75) is 31.5 Å². The molecule has 4 nitrogen and oxygen atoms in total. The van der Waals surface area contributed by atoms with Gasteiger partial charge in [-0.15, -0.1) is 0 Å². The van der Waals surface area contributed by atoms with Crippen LogP contribution in [0.2, 0.25) is 10.0 Å². The first-order valence-electron chi connectivity index (χ1n) is 6.24. The molecule has 1 amide bonds. The smallest absolute Gasteiger partial charge is 0.237 e. The van der Waals surface area contributed by atoms with Crippen LogP contribution < -0.4 is 10.6 Å². The summed E-state index contributed by atoms with van der Waals surface area (Å²) in [5.74, 6) is -0.831. The highest BCUT2D eigenvalue weighted by Crippen LogP contribution is 2.28. The average molecular weight is 321 g/mol. The lowest BCUT2D eigenvalue weighted by Gasteiger charge is -2.19. The van der Waals surface area contributed by atoms with Crippen molar-refractivity contribution in [1.29, 1.82) is 0 Å². The number of hydrogen-bond acceptors (Lipinski definition) is 3. The molecule has 0 bridgehead atoms. The van der Waals surface area contributed by atoms with E-state index in [2.05, 4.69) is 10.6 Å². The molecule has 1 aromatic carbocycles. The van der Waals surface area contributed by atoms with Crippen molar-refractivity contribution < 1.29 is 14.3 Å². The van der Waals surface area contributed by atoms with Crippen LogP contribution in [-0.4, -0.2) is 29.7 Å². The molecule has 0 aliphatic carbocycles. The van der Waals surface area contributed by atoms with Gasteiger partial charge in [-0.3, -0.25) is 4.79 Å². The highest BCUT2D eigenvalue weighted by Gasteiger charge is 2.29. The summed E-state index contributed by atoms with van der Waals surface area (Å²) < 4.78 is 13.5. The van der Waals surface area contributed by atoms with E-state index < -0.39 is 24.0 Å². The Morgan fingerprint density at radius 2 is 2.20 bits per heavy atom. The topological polar surface area (TPSA) is 61.4 Å². The minimum Gasteiger partial charge on any atom is -0.392 e. The molecule has 7 heteroatoms. The minimum atomic E-state index is -0.582. The number of halogens is 3. The van der Waals surface area contributed by atoms with Crippen molar-refractivity contribution in [2.24, 2.45) is 0 Å². The van der Waals surface area contributed by atoms with Crippen molar-refractivity contribution in [3.05, 3.63) is 33.6 Å². The fraction of sp³-hybridized carbons (Fsp3) is 0.462. The van der Waals surface area contributed by atoms with Crippen LogP contribution in [0.15, 0.2) is 12.1 Å². The molecule has 0 saturated carbocycles. The van der Waals surface area contributed by atoms with Crippen LogP contribution in [0.3, 0.4) is 0 Å². The second kappa shape index (κ2) is 6.26. The summed E-state index contributed by atoms with van der Waals surface area (Å²) in [7, 11) is 0. The molecule has 2 rings (SSSR count). The Labute approximate surface area is 126 Å². The number of amides is 1. The first-order chi connectivity index (χ1) is 9.38. The fourth-order valence-electron chi connectivity index (χ4n) is 2.18. The average Bonchev–Trinajstić information content (AvgIpc) is 2.80. The zero-order valence-corrected chi connectivity index (χ0v) is 12.3. The summed E-state index contributed by atoms with van der Waals surface area (Å²) >= 11 is 11.6. The molecule has 3 N–H and O–H groups in total. The highest BCUT2D eigenvalue weighted by atomic mass is 35.5. The van der Waals surface area contributed by atoms with E-state index in [1.54, 1.807) is 6.92 Å². The molecule has 0 spiro atoms. The number of carbonyl (C=O) groups is 1. The fourth-order valence-corrected chi connectivity index (χ4v) is 2.73. The lowest BCUT2D eigenvalue weighted by atomic mass is 10.1. The third-order valence-corrected chi connectivity index (χ3v) is 3.91. The molecule has 1 fully saturated rings. The van der Waals surface area contributed by atoms with Gasteiger partial charge in [-0.25, -0.2) is 4.39 Å². The standard InChI is InChI=1S/C13H15Cl2FN2O2/c1-6(8-3-11(16)10(15)4-9(8)14)18-13(20)12-2-7(19)5-17-12/h3-4,6-7,12,17,19H,2,5H2,1H3,(H,18,20)/t6-,7-,12+/m0/s1. The molecule has 0 radical (unpaired) electrons. The number of benzene rings is 1. The van der Waals surface area contributed by atoms with Crippen molar-refractivity contribution in [1.82, 2.24) is 10.6 Å². The Balaban J connectivity index is 2.06. The molecule has 1 aliphatic heterocycles. The van der Waals surface area contributed by atoms with E-state index in [0.717, 1.165) is 0 Å². The van der Waals surface area contributed by atoms with E-state index in [4.69, 9.17) is 23.2 Å². The Hall–Kier alpha value is -0.880. The Morgan fingerprint density at radius 3 is 2.80 bits per heavy atom. The summed E-state index contributed by atoms with van der Waals surface area (Å²) in [4.78, 5) is 12.0. The van der Waals surface area contributed by atoms with Crippen LogP contribution >= 0.6 is 23.2 Å². The number of aliphatic hydroxyl groups is 1. The summed E-state index contributed by atoms with van der Waals surface area (Å²) in [6.45, 7) is 2.10. The quantitative estimate of drug-likeness (QED) is 0.747. The molecule has 110 valence electrons. The molecule has 1 aliphatic rings. The van der Waals surface area contributed by atoms with Crippen molar-refractivity contribution in [2.75, 3.05) is 6.54 Å². The van der Waals surface area contributed by atoms with Gasteiger partial charge in [-0.1, -0.05) is 23.2 Å². The zero-order chi connectivity index (χ0) is 14.9. The maximum Gasteiger partial charge on any atom is 0.237 e. The molecule has 1 heterocycles. The van der Waals surface area contributed by atoms with E-state index in [-0.39, 0.29) is 10.9 Å². The zero-order valence-electron chi connectivity index (χ0n) is 10.8.